The molecule has 0 aliphatic carbocycles. The number of benzene rings is 1. The second-order valence-electron chi connectivity index (χ2n) is 6.29. The van der Waals surface area contributed by atoms with Crippen molar-refractivity contribution in [3.05, 3.63) is 35.8 Å². The maximum absolute atomic E-state index is 13.2. The summed E-state index contributed by atoms with van der Waals surface area (Å²) in [4.78, 5) is 14.4. The van der Waals surface area contributed by atoms with Gasteiger partial charge in [-0.05, 0) is 50.9 Å². The van der Waals surface area contributed by atoms with E-state index in [1.807, 2.05) is 11.9 Å². The van der Waals surface area contributed by atoms with Gasteiger partial charge in [0.05, 0.1) is 12.7 Å². The van der Waals surface area contributed by atoms with Crippen molar-refractivity contribution in [1.29, 1.82) is 0 Å². The third-order valence-corrected chi connectivity index (χ3v) is 4.73. The number of hydrogen-bond donors (Lipinski definition) is 1. The Morgan fingerprint density at radius 3 is 2.91 bits per heavy atom. The lowest BCUT2D eigenvalue weighted by Gasteiger charge is -2.32. The number of nitrogens with one attached hydrogen (secondary N) is 1. The predicted molar refractivity (Wildman–Crippen MR) is 87.7 cm³/mol. The first-order chi connectivity index (χ1) is 11.2. The van der Waals surface area contributed by atoms with Gasteiger partial charge in [-0.15, -0.1) is 0 Å². The lowest BCUT2D eigenvalue weighted by Crippen LogP contribution is -2.39. The van der Waals surface area contributed by atoms with Crippen molar-refractivity contribution < 1.29 is 13.6 Å². The van der Waals surface area contributed by atoms with Crippen molar-refractivity contribution in [3.8, 4) is 0 Å². The standard InChI is InChI=1S/C18H23FN2O2/c1-20-7-4-13-5-8-21(9-6-13)18(22)10-14-12-23-17-11-15(19)2-3-16(14)17/h2-3,11-13,20H,4-10H2,1H3. The molecule has 23 heavy (non-hydrogen) atoms. The fraction of sp³-hybridized carbons (Fsp3) is 0.500. The van der Waals surface area contributed by atoms with E-state index < -0.39 is 0 Å². The molecule has 0 unspecified atom stereocenters. The van der Waals surface area contributed by atoms with Crippen LogP contribution in [0.4, 0.5) is 4.39 Å². The van der Waals surface area contributed by atoms with Crippen LogP contribution in [-0.4, -0.2) is 37.5 Å². The molecule has 1 fully saturated rings. The molecule has 0 bridgehead atoms. The van der Waals surface area contributed by atoms with Crippen molar-refractivity contribution in [3.63, 3.8) is 0 Å². The number of hydrogen-bond acceptors (Lipinski definition) is 3. The zero-order chi connectivity index (χ0) is 16.2. The molecule has 4 nitrogen and oxygen atoms in total. The van der Waals surface area contributed by atoms with Crippen LogP contribution in [0.1, 0.15) is 24.8 Å². The van der Waals surface area contributed by atoms with Gasteiger partial charge in [0, 0.05) is 30.1 Å². The van der Waals surface area contributed by atoms with Crippen LogP contribution in [0.2, 0.25) is 0 Å². The first-order valence-corrected chi connectivity index (χ1v) is 8.25. The fourth-order valence-corrected chi connectivity index (χ4v) is 3.29. The highest BCUT2D eigenvalue weighted by Crippen LogP contribution is 2.24. The Morgan fingerprint density at radius 2 is 2.17 bits per heavy atom. The van der Waals surface area contributed by atoms with E-state index in [-0.39, 0.29) is 11.7 Å². The summed E-state index contributed by atoms with van der Waals surface area (Å²) in [6.45, 7) is 2.70. The van der Waals surface area contributed by atoms with Gasteiger partial charge in [-0.2, -0.15) is 0 Å². The highest BCUT2D eigenvalue weighted by atomic mass is 19.1. The molecule has 0 spiro atoms. The second-order valence-corrected chi connectivity index (χ2v) is 6.29. The minimum Gasteiger partial charge on any atom is -0.464 e. The van der Waals surface area contributed by atoms with Crippen molar-refractivity contribution in [2.75, 3.05) is 26.7 Å². The molecule has 1 aromatic heterocycles. The molecule has 1 aliphatic rings. The van der Waals surface area contributed by atoms with Gasteiger partial charge >= 0.3 is 0 Å². The number of carbonyl (C=O) groups excluding carboxylic acids is 1. The number of piperidine rings is 1. The molecule has 1 N–H and O–H groups in total. The SMILES string of the molecule is CNCCC1CCN(C(=O)Cc2coc3cc(F)ccc23)CC1. The zero-order valence-corrected chi connectivity index (χ0v) is 13.5. The Hall–Kier alpha value is -1.88. The number of carbonyl (C=O) groups is 1. The molecule has 124 valence electrons. The van der Waals surface area contributed by atoms with Gasteiger partial charge in [-0.1, -0.05) is 0 Å². The van der Waals surface area contributed by atoms with E-state index in [9.17, 15) is 9.18 Å². The molecule has 1 amide bonds. The van der Waals surface area contributed by atoms with E-state index in [1.165, 1.54) is 18.6 Å². The summed E-state index contributed by atoms with van der Waals surface area (Å²) in [6, 6.07) is 4.44. The predicted octanol–water partition coefficient (Wildman–Crippen LogP) is 2.96. The first-order valence-electron chi connectivity index (χ1n) is 8.25. The normalized spacial score (nSPS) is 16.2. The van der Waals surface area contributed by atoms with Gasteiger partial charge in [-0.3, -0.25) is 4.79 Å². The fourth-order valence-electron chi connectivity index (χ4n) is 3.29. The maximum atomic E-state index is 13.2. The molecule has 1 saturated heterocycles. The summed E-state index contributed by atoms with van der Waals surface area (Å²) in [5.74, 6) is 0.515. The smallest absolute Gasteiger partial charge is 0.227 e. The molecule has 5 heteroatoms. The molecule has 1 aliphatic heterocycles. The molecule has 1 aromatic carbocycles. The van der Waals surface area contributed by atoms with Crippen LogP contribution in [0, 0.1) is 11.7 Å². The van der Waals surface area contributed by atoms with Gasteiger partial charge in [0.25, 0.3) is 0 Å². The molecule has 2 aromatic rings. The Labute approximate surface area is 135 Å². The first kappa shape index (κ1) is 16.0. The Balaban J connectivity index is 1.59. The Kier molecular flexibility index (Phi) is 4.96. The van der Waals surface area contributed by atoms with E-state index in [2.05, 4.69) is 5.32 Å². The molecular weight excluding hydrogens is 295 g/mol. The van der Waals surface area contributed by atoms with Crippen LogP contribution in [0.5, 0.6) is 0 Å². The van der Waals surface area contributed by atoms with E-state index in [0.717, 1.165) is 43.4 Å². The van der Waals surface area contributed by atoms with Gasteiger partial charge in [0.1, 0.15) is 11.4 Å². The number of halogens is 1. The Morgan fingerprint density at radius 1 is 1.39 bits per heavy atom. The van der Waals surface area contributed by atoms with Gasteiger partial charge < -0.3 is 14.6 Å². The number of nitrogens with zero attached hydrogens (tertiary/aromatic N) is 1. The van der Waals surface area contributed by atoms with Crippen LogP contribution in [0.15, 0.2) is 28.9 Å². The van der Waals surface area contributed by atoms with Crippen molar-refractivity contribution in [1.82, 2.24) is 10.2 Å². The van der Waals surface area contributed by atoms with Gasteiger partial charge in [0.15, 0.2) is 0 Å². The van der Waals surface area contributed by atoms with Gasteiger partial charge in [0.2, 0.25) is 5.91 Å². The van der Waals surface area contributed by atoms with Crippen LogP contribution < -0.4 is 5.32 Å². The summed E-state index contributed by atoms with van der Waals surface area (Å²) < 4.78 is 18.5. The molecule has 2 heterocycles. The number of furan rings is 1. The monoisotopic (exact) mass is 318 g/mol. The molecule has 0 radical (unpaired) electrons. The lowest BCUT2D eigenvalue weighted by atomic mass is 9.93. The van der Waals surface area contributed by atoms with E-state index in [4.69, 9.17) is 4.42 Å². The van der Waals surface area contributed by atoms with E-state index >= 15 is 0 Å². The summed E-state index contributed by atoms with van der Waals surface area (Å²) >= 11 is 0. The largest absolute Gasteiger partial charge is 0.464 e. The quantitative estimate of drug-likeness (QED) is 0.922. The van der Waals surface area contributed by atoms with Gasteiger partial charge in [-0.25, -0.2) is 4.39 Å². The zero-order valence-electron chi connectivity index (χ0n) is 13.5. The van der Waals surface area contributed by atoms with Crippen LogP contribution in [0.25, 0.3) is 11.0 Å². The third kappa shape index (κ3) is 3.72. The molecule has 0 saturated carbocycles. The average molecular weight is 318 g/mol. The highest BCUT2D eigenvalue weighted by molar-refractivity contribution is 5.87. The van der Waals surface area contributed by atoms with Crippen LogP contribution in [-0.2, 0) is 11.2 Å². The average Bonchev–Trinajstić information content (AvgIpc) is 2.95. The van der Waals surface area contributed by atoms with Crippen LogP contribution >= 0.6 is 0 Å². The summed E-state index contributed by atoms with van der Waals surface area (Å²) in [7, 11) is 1.97. The number of amides is 1. The maximum Gasteiger partial charge on any atom is 0.227 e. The second kappa shape index (κ2) is 7.13. The van der Waals surface area contributed by atoms with Crippen molar-refractivity contribution in [2.45, 2.75) is 25.7 Å². The number of rotatable bonds is 5. The lowest BCUT2D eigenvalue weighted by molar-refractivity contribution is -0.131. The number of fused-ring (bicyclic) bond motifs is 1. The van der Waals surface area contributed by atoms with E-state index in [0.29, 0.717) is 17.9 Å². The minimum absolute atomic E-state index is 0.129. The summed E-state index contributed by atoms with van der Waals surface area (Å²) in [5, 5.41) is 4.00. The van der Waals surface area contributed by atoms with Crippen molar-refractivity contribution >= 4 is 16.9 Å². The summed E-state index contributed by atoms with van der Waals surface area (Å²) in [6.07, 6.45) is 5.22. The van der Waals surface area contributed by atoms with Crippen molar-refractivity contribution in [2.24, 2.45) is 5.92 Å². The topological polar surface area (TPSA) is 45.5 Å². The van der Waals surface area contributed by atoms with E-state index in [1.54, 1.807) is 12.3 Å². The minimum atomic E-state index is -0.326. The molecule has 0 atom stereocenters. The van der Waals surface area contributed by atoms with Crippen LogP contribution in [0.3, 0.4) is 0 Å². The summed E-state index contributed by atoms with van der Waals surface area (Å²) in [5.41, 5.74) is 1.33. The molecule has 3 rings (SSSR count). The highest BCUT2D eigenvalue weighted by Gasteiger charge is 2.23. The number of likely N-dealkylation sites (tertiary alicyclic amines) is 1. The Bertz CT molecular complexity index is 675. The third-order valence-electron chi connectivity index (χ3n) is 4.73. The molecular formula is C18H23FN2O2.